The third kappa shape index (κ3) is 4.59. The maximum atomic E-state index is 10.6. The van der Waals surface area contributed by atoms with Gasteiger partial charge in [0.1, 0.15) is 0 Å². The van der Waals surface area contributed by atoms with Gasteiger partial charge >= 0.3 is 0 Å². The maximum absolute atomic E-state index is 10.6. The lowest BCUT2D eigenvalue weighted by Crippen LogP contribution is -2.30. The Morgan fingerprint density at radius 1 is 1.56 bits per heavy atom. The van der Waals surface area contributed by atoms with Crippen molar-refractivity contribution >= 4 is 33.4 Å². The topological polar surface area (TPSA) is 55.2 Å². The number of hydrogen-bond donors (Lipinski definition) is 1. The van der Waals surface area contributed by atoms with E-state index < -0.39 is 0 Å². The van der Waals surface area contributed by atoms with Gasteiger partial charge in [0.2, 0.25) is 0 Å². The van der Waals surface area contributed by atoms with Gasteiger partial charge in [0, 0.05) is 34.9 Å². The molecule has 1 aromatic carbocycles. The number of nitrogens with one attached hydrogen (secondary N) is 1. The minimum Gasteiger partial charge on any atom is -0.309 e. The Morgan fingerprint density at radius 3 is 2.78 bits per heavy atom. The summed E-state index contributed by atoms with van der Waals surface area (Å²) in [5.41, 5.74) is 1.15. The lowest BCUT2D eigenvalue weighted by molar-refractivity contribution is -0.384. The van der Waals surface area contributed by atoms with Gasteiger partial charge in [-0.2, -0.15) is 11.8 Å². The number of nitrogens with zero attached hydrogens (tertiary/aromatic N) is 1. The molecule has 0 bridgehead atoms. The maximum Gasteiger partial charge on any atom is 0.270 e. The molecule has 100 valence electrons. The highest BCUT2D eigenvalue weighted by Gasteiger charge is 2.10. The lowest BCUT2D eigenvalue weighted by atomic mass is 10.2. The van der Waals surface area contributed by atoms with E-state index in [2.05, 4.69) is 34.4 Å². The minimum absolute atomic E-state index is 0.113. The number of rotatable bonds is 7. The van der Waals surface area contributed by atoms with Crippen LogP contribution in [0.1, 0.15) is 18.9 Å². The van der Waals surface area contributed by atoms with Gasteiger partial charge in [0.15, 0.2) is 0 Å². The molecule has 4 nitrogen and oxygen atoms in total. The smallest absolute Gasteiger partial charge is 0.270 e. The highest BCUT2D eigenvalue weighted by atomic mass is 79.9. The number of halogens is 1. The fourth-order valence-corrected chi connectivity index (χ4v) is 2.83. The van der Waals surface area contributed by atoms with Crippen LogP contribution in [0, 0.1) is 10.1 Å². The van der Waals surface area contributed by atoms with Crippen LogP contribution in [-0.4, -0.2) is 23.0 Å². The van der Waals surface area contributed by atoms with Crippen LogP contribution in [0.15, 0.2) is 22.7 Å². The van der Waals surface area contributed by atoms with Gasteiger partial charge in [-0.25, -0.2) is 0 Å². The Labute approximate surface area is 120 Å². The van der Waals surface area contributed by atoms with E-state index in [4.69, 9.17) is 0 Å². The van der Waals surface area contributed by atoms with E-state index in [0.29, 0.717) is 6.04 Å². The Morgan fingerprint density at radius 2 is 2.28 bits per heavy atom. The summed E-state index contributed by atoms with van der Waals surface area (Å²) < 4.78 is 0.781. The Bertz CT molecular complexity index is 415. The van der Waals surface area contributed by atoms with Crippen molar-refractivity contribution in [3.05, 3.63) is 38.3 Å². The number of non-ortho nitro benzene ring substituents is 1. The standard InChI is InChI=1S/C12H17BrN2O2S/c1-3-10(8-18-2)14-7-9-4-5-11(15(16)17)6-12(9)13/h4-6,10,14H,3,7-8H2,1-2H3. The normalized spacial score (nSPS) is 12.4. The number of thioether (sulfide) groups is 1. The molecule has 0 amide bonds. The molecule has 0 aliphatic rings. The van der Waals surface area contributed by atoms with Crippen LogP contribution in [0.3, 0.4) is 0 Å². The minimum atomic E-state index is -0.384. The number of hydrogen-bond acceptors (Lipinski definition) is 4. The molecule has 0 aromatic heterocycles. The third-order valence-electron chi connectivity index (χ3n) is 2.69. The summed E-state index contributed by atoms with van der Waals surface area (Å²) in [6, 6.07) is 5.35. The van der Waals surface area contributed by atoms with Crippen molar-refractivity contribution in [2.75, 3.05) is 12.0 Å². The lowest BCUT2D eigenvalue weighted by Gasteiger charge is -2.16. The van der Waals surface area contributed by atoms with Crippen molar-refractivity contribution in [1.29, 1.82) is 0 Å². The fraction of sp³-hybridized carbons (Fsp3) is 0.500. The first-order valence-corrected chi connectivity index (χ1v) is 7.92. The van der Waals surface area contributed by atoms with E-state index >= 15 is 0 Å². The summed E-state index contributed by atoms with van der Waals surface area (Å²) >= 11 is 5.19. The summed E-state index contributed by atoms with van der Waals surface area (Å²) in [6.45, 7) is 2.87. The Kier molecular flexibility index (Phi) is 6.67. The number of nitro groups is 1. The van der Waals surface area contributed by atoms with Crippen molar-refractivity contribution in [3.63, 3.8) is 0 Å². The van der Waals surface area contributed by atoms with Crippen molar-refractivity contribution in [1.82, 2.24) is 5.32 Å². The van der Waals surface area contributed by atoms with Crippen LogP contribution in [0.4, 0.5) is 5.69 Å². The largest absolute Gasteiger partial charge is 0.309 e. The van der Waals surface area contributed by atoms with Gasteiger partial charge in [0.25, 0.3) is 5.69 Å². The number of benzene rings is 1. The summed E-state index contributed by atoms with van der Waals surface area (Å²) in [5.74, 6) is 1.07. The molecule has 6 heteroatoms. The molecule has 18 heavy (non-hydrogen) atoms. The third-order valence-corrected chi connectivity index (χ3v) is 4.16. The van der Waals surface area contributed by atoms with E-state index in [0.717, 1.165) is 28.8 Å². The summed E-state index contributed by atoms with van der Waals surface area (Å²) in [6.07, 6.45) is 3.16. The molecule has 1 rings (SSSR count). The fourth-order valence-electron chi connectivity index (χ4n) is 1.57. The van der Waals surface area contributed by atoms with Gasteiger partial charge in [-0.15, -0.1) is 0 Å². The van der Waals surface area contributed by atoms with E-state index in [1.165, 1.54) is 6.07 Å². The van der Waals surface area contributed by atoms with Crippen LogP contribution < -0.4 is 5.32 Å². The first-order valence-electron chi connectivity index (χ1n) is 5.73. The second-order valence-corrected chi connectivity index (χ2v) is 5.74. The zero-order valence-electron chi connectivity index (χ0n) is 10.5. The first-order chi connectivity index (χ1) is 8.58. The molecule has 0 radical (unpaired) electrons. The molecule has 1 N–H and O–H groups in total. The van der Waals surface area contributed by atoms with Gasteiger partial charge < -0.3 is 5.32 Å². The molecule has 1 aromatic rings. The quantitative estimate of drug-likeness (QED) is 0.612. The van der Waals surface area contributed by atoms with Crippen LogP contribution in [0.5, 0.6) is 0 Å². The van der Waals surface area contributed by atoms with Crippen molar-refractivity contribution < 1.29 is 4.92 Å². The van der Waals surface area contributed by atoms with Crippen LogP contribution in [-0.2, 0) is 6.54 Å². The SMILES string of the molecule is CCC(CSC)NCc1ccc([N+](=O)[O-])cc1Br. The van der Waals surface area contributed by atoms with E-state index in [1.807, 2.05) is 11.8 Å². The summed E-state index contributed by atoms with van der Waals surface area (Å²) in [5, 5.41) is 14.1. The van der Waals surface area contributed by atoms with Crippen molar-refractivity contribution in [2.45, 2.75) is 25.9 Å². The Hall–Kier alpha value is -0.590. The second-order valence-electron chi connectivity index (χ2n) is 3.97. The molecule has 0 aliphatic carbocycles. The molecule has 1 atom stereocenters. The van der Waals surface area contributed by atoms with Gasteiger partial charge in [-0.3, -0.25) is 10.1 Å². The molecule has 0 saturated heterocycles. The average Bonchev–Trinajstić information content (AvgIpc) is 2.35. The molecule has 0 spiro atoms. The predicted octanol–water partition coefficient (Wildman–Crippen LogP) is 3.59. The van der Waals surface area contributed by atoms with Gasteiger partial charge in [0.05, 0.1) is 4.92 Å². The van der Waals surface area contributed by atoms with Gasteiger partial charge in [-0.1, -0.05) is 22.9 Å². The molecule has 0 fully saturated rings. The van der Waals surface area contributed by atoms with E-state index in [1.54, 1.807) is 12.1 Å². The second kappa shape index (κ2) is 7.76. The zero-order chi connectivity index (χ0) is 13.5. The monoisotopic (exact) mass is 332 g/mol. The van der Waals surface area contributed by atoms with Crippen molar-refractivity contribution in [2.24, 2.45) is 0 Å². The zero-order valence-corrected chi connectivity index (χ0v) is 12.9. The highest BCUT2D eigenvalue weighted by molar-refractivity contribution is 9.10. The van der Waals surface area contributed by atoms with Gasteiger partial charge in [-0.05, 0) is 24.3 Å². The molecule has 0 saturated carbocycles. The summed E-state index contributed by atoms with van der Waals surface area (Å²) in [4.78, 5) is 10.2. The molecular formula is C12H17BrN2O2S. The van der Waals surface area contributed by atoms with Crippen LogP contribution >= 0.6 is 27.7 Å². The molecule has 0 heterocycles. The highest BCUT2D eigenvalue weighted by Crippen LogP contribution is 2.23. The van der Waals surface area contributed by atoms with E-state index in [9.17, 15) is 10.1 Å². The predicted molar refractivity (Wildman–Crippen MR) is 80.1 cm³/mol. The first kappa shape index (κ1) is 15.5. The molecular weight excluding hydrogens is 316 g/mol. The number of nitro benzene ring substituents is 1. The molecule has 0 aliphatic heterocycles. The van der Waals surface area contributed by atoms with Crippen LogP contribution in [0.25, 0.3) is 0 Å². The average molecular weight is 333 g/mol. The Balaban J connectivity index is 2.65. The van der Waals surface area contributed by atoms with Crippen LogP contribution in [0.2, 0.25) is 0 Å². The molecule has 1 unspecified atom stereocenters. The van der Waals surface area contributed by atoms with Crippen molar-refractivity contribution in [3.8, 4) is 0 Å². The summed E-state index contributed by atoms with van der Waals surface area (Å²) in [7, 11) is 0. The van der Waals surface area contributed by atoms with E-state index in [-0.39, 0.29) is 10.6 Å².